The highest BCUT2D eigenvalue weighted by Crippen LogP contribution is 2.38. The quantitative estimate of drug-likeness (QED) is 0.743. The van der Waals surface area contributed by atoms with Crippen LogP contribution in [-0.4, -0.2) is 34.3 Å². The Bertz CT molecular complexity index is 1020. The Morgan fingerprint density at radius 1 is 1.38 bits per heavy atom. The number of carboxylic acid groups (broad SMARTS) is 1. The lowest BCUT2D eigenvalue weighted by molar-refractivity contribution is -0.138. The maximum Gasteiger partial charge on any atom is 0.326 e. The Labute approximate surface area is 147 Å². The minimum atomic E-state index is -1.08. The number of oxazole rings is 1. The summed E-state index contributed by atoms with van der Waals surface area (Å²) in [6.07, 6.45) is 0.0563. The molecule has 0 spiro atoms. The molecule has 0 bridgehead atoms. The van der Waals surface area contributed by atoms with Crippen molar-refractivity contribution in [2.75, 3.05) is 12.0 Å². The molecule has 4 rings (SSSR count). The van der Waals surface area contributed by atoms with E-state index in [4.69, 9.17) is 9.15 Å². The first-order valence-electron chi connectivity index (χ1n) is 7.91. The van der Waals surface area contributed by atoms with E-state index < -0.39 is 17.8 Å². The van der Waals surface area contributed by atoms with Crippen molar-refractivity contribution in [3.63, 3.8) is 0 Å². The van der Waals surface area contributed by atoms with Gasteiger partial charge in [0.15, 0.2) is 17.1 Å². The van der Waals surface area contributed by atoms with Crippen LogP contribution in [0, 0.1) is 5.82 Å². The Morgan fingerprint density at radius 2 is 2.19 bits per heavy atom. The van der Waals surface area contributed by atoms with Gasteiger partial charge in [-0.2, -0.15) is 4.98 Å². The molecule has 0 aliphatic carbocycles. The molecule has 0 radical (unpaired) electrons. The molecule has 0 unspecified atom stereocenters. The Balaban J connectivity index is 1.79. The van der Waals surface area contributed by atoms with E-state index >= 15 is 0 Å². The lowest BCUT2D eigenvalue weighted by Gasteiger charge is -2.33. The Kier molecular flexibility index (Phi) is 3.68. The minimum absolute atomic E-state index is 0.0563. The number of anilines is 1. The predicted octanol–water partition coefficient (Wildman–Crippen LogP) is 2.70. The van der Waals surface area contributed by atoms with Crippen LogP contribution in [0.5, 0.6) is 11.5 Å². The maximum atomic E-state index is 13.4. The number of halogens is 1. The number of aliphatic carboxylic acids is 1. The Hall–Kier alpha value is -3.29. The molecule has 26 heavy (non-hydrogen) atoms. The third-order valence-electron chi connectivity index (χ3n) is 4.55. The topological polar surface area (TPSA) is 96.0 Å². The van der Waals surface area contributed by atoms with Gasteiger partial charge in [-0.25, -0.2) is 9.18 Å². The van der Waals surface area contributed by atoms with Crippen molar-refractivity contribution in [3.8, 4) is 11.5 Å². The van der Waals surface area contributed by atoms with Gasteiger partial charge < -0.3 is 24.3 Å². The smallest absolute Gasteiger partial charge is 0.326 e. The van der Waals surface area contributed by atoms with Crippen molar-refractivity contribution < 1.29 is 28.6 Å². The number of aromatic nitrogens is 1. The molecule has 2 aromatic carbocycles. The largest absolute Gasteiger partial charge is 0.504 e. The molecule has 0 amide bonds. The summed E-state index contributed by atoms with van der Waals surface area (Å²) in [5.74, 6) is -1.31. The number of aromatic hydroxyl groups is 1. The molecule has 0 fully saturated rings. The molecule has 1 atom stereocenters. The van der Waals surface area contributed by atoms with Crippen LogP contribution in [0.1, 0.15) is 11.1 Å². The van der Waals surface area contributed by atoms with Gasteiger partial charge in [0.25, 0.3) is 6.01 Å². The molecule has 2 heterocycles. The van der Waals surface area contributed by atoms with Crippen LogP contribution in [0.25, 0.3) is 11.1 Å². The van der Waals surface area contributed by atoms with Crippen LogP contribution in [0.15, 0.2) is 34.7 Å². The molecule has 8 heteroatoms. The van der Waals surface area contributed by atoms with Crippen molar-refractivity contribution in [1.82, 2.24) is 4.98 Å². The number of hydrogen-bond acceptors (Lipinski definition) is 6. The van der Waals surface area contributed by atoms with Gasteiger partial charge >= 0.3 is 5.97 Å². The Morgan fingerprint density at radius 3 is 2.92 bits per heavy atom. The number of fused-ring (bicyclic) bond motifs is 2. The van der Waals surface area contributed by atoms with Gasteiger partial charge in [0.05, 0.1) is 7.11 Å². The molecule has 134 valence electrons. The SMILES string of the molecule is COc1ccc2c(c1O)C[C@@H](C(=O)O)N(c1nc3ccc(F)cc3o1)C2. The number of phenols is 1. The van der Waals surface area contributed by atoms with Gasteiger partial charge in [-0.05, 0) is 23.8 Å². The molecule has 1 aliphatic heterocycles. The highest BCUT2D eigenvalue weighted by atomic mass is 19.1. The monoisotopic (exact) mass is 358 g/mol. The van der Waals surface area contributed by atoms with Crippen molar-refractivity contribution in [2.24, 2.45) is 0 Å². The molecule has 1 aliphatic rings. The average molecular weight is 358 g/mol. The molecule has 3 aromatic rings. The zero-order valence-corrected chi connectivity index (χ0v) is 13.8. The van der Waals surface area contributed by atoms with Gasteiger partial charge in [0.2, 0.25) is 0 Å². The summed E-state index contributed by atoms with van der Waals surface area (Å²) < 4.78 is 24.0. The van der Waals surface area contributed by atoms with Crippen LogP contribution < -0.4 is 9.64 Å². The van der Waals surface area contributed by atoms with Crippen molar-refractivity contribution in [1.29, 1.82) is 0 Å². The molecular weight excluding hydrogens is 343 g/mol. The first-order valence-corrected chi connectivity index (χ1v) is 7.91. The first kappa shape index (κ1) is 16.2. The zero-order valence-electron chi connectivity index (χ0n) is 13.8. The summed E-state index contributed by atoms with van der Waals surface area (Å²) in [6, 6.07) is 6.44. The molecule has 1 aromatic heterocycles. The minimum Gasteiger partial charge on any atom is -0.504 e. The fourth-order valence-corrected chi connectivity index (χ4v) is 3.23. The second-order valence-corrected chi connectivity index (χ2v) is 6.05. The highest BCUT2D eigenvalue weighted by molar-refractivity contribution is 5.81. The van der Waals surface area contributed by atoms with Crippen LogP contribution in [0.3, 0.4) is 0 Å². The van der Waals surface area contributed by atoms with Gasteiger partial charge in [-0.3, -0.25) is 0 Å². The molecule has 0 saturated carbocycles. The summed E-state index contributed by atoms with van der Waals surface area (Å²) in [4.78, 5) is 17.6. The van der Waals surface area contributed by atoms with Gasteiger partial charge in [-0.1, -0.05) is 6.07 Å². The molecule has 2 N–H and O–H groups in total. The summed E-state index contributed by atoms with van der Waals surface area (Å²) >= 11 is 0. The van der Waals surface area contributed by atoms with Crippen molar-refractivity contribution in [2.45, 2.75) is 19.0 Å². The number of carbonyl (C=O) groups is 1. The number of rotatable bonds is 3. The number of methoxy groups -OCH3 is 1. The molecule has 7 nitrogen and oxygen atoms in total. The van der Waals surface area contributed by atoms with E-state index in [1.165, 1.54) is 30.2 Å². The van der Waals surface area contributed by atoms with Crippen molar-refractivity contribution >= 4 is 23.1 Å². The number of nitrogens with zero attached hydrogens (tertiary/aromatic N) is 2. The van der Waals surface area contributed by atoms with Crippen LogP contribution in [-0.2, 0) is 17.8 Å². The normalized spacial score (nSPS) is 16.5. The fourth-order valence-electron chi connectivity index (χ4n) is 3.23. The number of phenolic OH excluding ortho intramolecular Hbond substituents is 1. The highest BCUT2D eigenvalue weighted by Gasteiger charge is 2.36. The van der Waals surface area contributed by atoms with E-state index in [2.05, 4.69) is 4.98 Å². The van der Waals surface area contributed by atoms with Crippen LogP contribution in [0.4, 0.5) is 10.4 Å². The van der Waals surface area contributed by atoms with Gasteiger partial charge in [0.1, 0.15) is 17.4 Å². The first-order chi connectivity index (χ1) is 12.5. The summed E-state index contributed by atoms with van der Waals surface area (Å²) in [5.41, 5.74) is 1.95. The van der Waals surface area contributed by atoms with Crippen molar-refractivity contribution in [3.05, 3.63) is 47.3 Å². The average Bonchev–Trinajstić information content (AvgIpc) is 3.04. The summed E-state index contributed by atoms with van der Waals surface area (Å²) in [7, 11) is 1.43. The van der Waals surface area contributed by atoms with Gasteiger partial charge in [-0.15, -0.1) is 0 Å². The number of benzene rings is 2. The maximum absolute atomic E-state index is 13.4. The van der Waals surface area contributed by atoms with E-state index in [-0.39, 0.29) is 30.3 Å². The number of ether oxygens (including phenoxy) is 1. The van der Waals surface area contributed by atoms with E-state index in [1.54, 1.807) is 12.1 Å². The molecular formula is C18H15FN2O5. The second-order valence-electron chi connectivity index (χ2n) is 6.05. The van der Waals surface area contributed by atoms with E-state index in [0.29, 0.717) is 16.8 Å². The zero-order chi connectivity index (χ0) is 18.4. The third kappa shape index (κ3) is 2.50. The van der Waals surface area contributed by atoms with Crippen LogP contribution >= 0.6 is 0 Å². The lowest BCUT2D eigenvalue weighted by Crippen LogP contribution is -2.46. The summed E-state index contributed by atoms with van der Waals surface area (Å²) in [5, 5.41) is 20.0. The lowest BCUT2D eigenvalue weighted by atomic mass is 9.93. The molecule has 0 saturated heterocycles. The van der Waals surface area contributed by atoms with E-state index in [1.807, 2.05) is 0 Å². The van der Waals surface area contributed by atoms with Crippen LogP contribution in [0.2, 0.25) is 0 Å². The fraction of sp³-hybridized carbons (Fsp3) is 0.222. The third-order valence-corrected chi connectivity index (χ3v) is 4.55. The van der Waals surface area contributed by atoms with E-state index in [0.717, 1.165) is 5.56 Å². The van der Waals surface area contributed by atoms with E-state index in [9.17, 15) is 19.4 Å². The predicted molar refractivity (Wildman–Crippen MR) is 89.9 cm³/mol. The summed E-state index contributed by atoms with van der Waals surface area (Å²) in [6.45, 7) is 0.180. The number of carboxylic acids is 1. The number of hydrogen-bond donors (Lipinski definition) is 2. The second kappa shape index (κ2) is 5.91. The standard InChI is InChI=1S/C18H15FN2O5/c1-25-14-5-2-9-8-21(13(17(23)24)7-11(9)16(14)22)18-20-12-4-3-10(19)6-15(12)26-18/h2-6,13,22H,7-8H2,1H3,(H,23,24)/t13-/m0/s1. The van der Waals surface area contributed by atoms with Gasteiger partial charge in [0, 0.05) is 24.6 Å².